The number of H-pyrrole nitrogens is 1. The second-order valence-corrected chi connectivity index (χ2v) is 10.4. The number of benzene rings is 1. The molecule has 0 spiro atoms. The molecular weight excluding hydrogens is 459 g/mol. The summed E-state index contributed by atoms with van der Waals surface area (Å²) in [4.78, 5) is 29.7. The van der Waals surface area contributed by atoms with E-state index in [1.807, 2.05) is 0 Å². The second kappa shape index (κ2) is 9.21. The topological polar surface area (TPSA) is 103 Å². The molecule has 2 aromatic rings. The molecule has 2 fully saturated rings. The van der Waals surface area contributed by atoms with Crippen molar-refractivity contribution in [3.05, 3.63) is 47.0 Å². The molecule has 0 bridgehead atoms. The first kappa shape index (κ1) is 22.8. The molecule has 1 atom stereocenters. The number of piperidine rings is 1. The SMILES string of the molecule is O=C(Nc1ccc(F)c(Cl)c1)[C@@H]1CCCN(S(=O)(=O)c2c[nH]c(C(=O)N3CCCC3)c2)C1. The average molecular weight is 483 g/mol. The lowest BCUT2D eigenvalue weighted by Crippen LogP contribution is -2.43. The van der Waals surface area contributed by atoms with E-state index in [4.69, 9.17) is 11.6 Å². The summed E-state index contributed by atoms with van der Waals surface area (Å²) in [7, 11) is -3.87. The average Bonchev–Trinajstić information content (AvgIpc) is 3.49. The number of likely N-dealkylation sites (tertiary alicyclic amines) is 1. The monoisotopic (exact) mass is 482 g/mol. The number of aromatic amines is 1. The van der Waals surface area contributed by atoms with Crippen LogP contribution in [0.25, 0.3) is 0 Å². The van der Waals surface area contributed by atoms with Crippen LogP contribution in [-0.2, 0) is 14.8 Å². The van der Waals surface area contributed by atoms with Crippen LogP contribution in [0.2, 0.25) is 5.02 Å². The van der Waals surface area contributed by atoms with Crippen LogP contribution in [-0.4, -0.2) is 60.6 Å². The fraction of sp³-hybridized carbons (Fsp3) is 0.429. The smallest absolute Gasteiger partial charge is 0.270 e. The predicted molar refractivity (Wildman–Crippen MR) is 117 cm³/mol. The van der Waals surface area contributed by atoms with Gasteiger partial charge in [0.05, 0.1) is 10.9 Å². The number of aromatic nitrogens is 1. The van der Waals surface area contributed by atoms with Crippen molar-refractivity contribution in [1.29, 1.82) is 0 Å². The van der Waals surface area contributed by atoms with Crippen molar-refractivity contribution in [2.75, 3.05) is 31.5 Å². The lowest BCUT2D eigenvalue weighted by atomic mass is 9.99. The second-order valence-electron chi connectivity index (χ2n) is 8.07. The molecule has 0 radical (unpaired) electrons. The molecule has 0 aliphatic carbocycles. The third-order valence-corrected chi connectivity index (χ3v) is 7.99. The van der Waals surface area contributed by atoms with Gasteiger partial charge in [-0.25, -0.2) is 12.8 Å². The highest BCUT2D eigenvalue weighted by atomic mass is 35.5. The quantitative estimate of drug-likeness (QED) is 0.683. The maximum Gasteiger partial charge on any atom is 0.270 e. The first-order chi connectivity index (χ1) is 15.3. The fourth-order valence-corrected chi connectivity index (χ4v) is 5.78. The summed E-state index contributed by atoms with van der Waals surface area (Å²) in [5.74, 6) is -1.72. The van der Waals surface area contributed by atoms with Crippen LogP contribution in [0.3, 0.4) is 0 Å². The fourth-order valence-electron chi connectivity index (χ4n) is 4.08. The third-order valence-electron chi connectivity index (χ3n) is 5.86. The Balaban J connectivity index is 1.44. The maximum atomic E-state index is 13.3. The van der Waals surface area contributed by atoms with Gasteiger partial charge in [0.1, 0.15) is 16.4 Å². The van der Waals surface area contributed by atoms with Gasteiger partial charge in [0.25, 0.3) is 5.91 Å². The molecule has 2 aliphatic heterocycles. The van der Waals surface area contributed by atoms with Crippen molar-refractivity contribution in [3.8, 4) is 0 Å². The van der Waals surface area contributed by atoms with Crippen LogP contribution in [0.15, 0.2) is 35.4 Å². The minimum absolute atomic E-state index is 0.00595. The largest absolute Gasteiger partial charge is 0.356 e. The van der Waals surface area contributed by atoms with E-state index >= 15 is 0 Å². The van der Waals surface area contributed by atoms with Crippen molar-refractivity contribution < 1.29 is 22.4 Å². The molecule has 2 aliphatic rings. The van der Waals surface area contributed by atoms with Crippen LogP contribution in [0.1, 0.15) is 36.2 Å². The molecule has 0 saturated carbocycles. The Labute approximate surface area is 190 Å². The van der Waals surface area contributed by atoms with E-state index in [1.54, 1.807) is 4.90 Å². The summed E-state index contributed by atoms with van der Waals surface area (Å²) in [6, 6.07) is 5.22. The van der Waals surface area contributed by atoms with E-state index in [2.05, 4.69) is 10.3 Å². The number of hydrogen-bond donors (Lipinski definition) is 2. The van der Waals surface area contributed by atoms with E-state index in [9.17, 15) is 22.4 Å². The summed E-state index contributed by atoms with van der Waals surface area (Å²) in [5.41, 5.74) is 0.585. The van der Waals surface area contributed by atoms with Crippen LogP contribution in [0, 0.1) is 11.7 Å². The molecule has 2 N–H and O–H groups in total. The van der Waals surface area contributed by atoms with Gasteiger partial charge in [0.15, 0.2) is 0 Å². The van der Waals surface area contributed by atoms with E-state index in [-0.39, 0.29) is 40.5 Å². The normalized spacial score (nSPS) is 19.8. The van der Waals surface area contributed by atoms with E-state index in [0.717, 1.165) is 18.9 Å². The minimum Gasteiger partial charge on any atom is -0.356 e. The highest BCUT2D eigenvalue weighted by Crippen LogP contribution is 2.26. The number of anilines is 1. The zero-order chi connectivity index (χ0) is 22.9. The molecule has 1 aromatic carbocycles. The summed E-state index contributed by atoms with van der Waals surface area (Å²) in [6.45, 7) is 1.64. The first-order valence-electron chi connectivity index (χ1n) is 10.5. The van der Waals surface area contributed by atoms with Crippen LogP contribution in [0.4, 0.5) is 10.1 Å². The highest BCUT2D eigenvalue weighted by Gasteiger charge is 2.34. The molecule has 172 valence electrons. The van der Waals surface area contributed by atoms with Crippen LogP contribution in [0.5, 0.6) is 0 Å². The van der Waals surface area contributed by atoms with Gasteiger partial charge in [-0.2, -0.15) is 4.31 Å². The van der Waals surface area contributed by atoms with E-state index in [0.29, 0.717) is 31.6 Å². The van der Waals surface area contributed by atoms with Gasteiger partial charge in [-0.3, -0.25) is 9.59 Å². The van der Waals surface area contributed by atoms with Gasteiger partial charge in [0.2, 0.25) is 15.9 Å². The Morgan fingerprint density at radius 2 is 1.88 bits per heavy atom. The number of rotatable bonds is 5. The zero-order valence-electron chi connectivity index (χ0n) is 17.3. The van der Waals surface area contributed by atoms with Gasteiger partial charge in [0, 0.05) is 38.1 Å². The standard InChI is InChI=1S/C21H24ClFN4O4S/c22-17-10-15(5-6-18(17)23)25-20(28)14-4-3-9-27(13-14)32(30,31)16-11-19(24-12-16)21(29)26-7-1-2-8-26/h5-6,10-12,14,24H,1-4,7-9,13H2,(H,25,28)/t14-/m1/s1. The number of carbonyl (C=O) groups excluding carboxylic acids is 2. The number of nitrogens with one attached hydrogen (secondary N) is 2. The van der Waals surface area contributed by atoms with Crippen molar-refractivity contribution in [1.82, 2.24) is 14.2 Å². The number of sulfonamides is 1. The van der Waals surface area contributed by atoms with Gasteiger partial charge >= 0.3 is 0 Å². The molecule has 32 heavy (non-hydrogen) atoms. The Morgan fingerprint density at radius 1 is 1.12 bits per heavy atom. The summed E-state index contributed by atoms with van der Waals surface area (Å²) >= 11 is 5.76. The van der Waals surface area contributed by atoms with Gasteiger partial charge in [-0.05, 0) is 49.9 Å². The molecule has 2 saturated heterocycles. The van der Waals surface area contributed by atoms with Crippen molar-refractivity contribution >= 4 is 39.1 Å². The minimum atomic E-state index is -3.87. The predicted octanol–water partition coefficient (Wildman–Crippen LogP) is 3.08. The summed E-state index contributed by atoms with van der Waals surface area (Å²) in [6.07, 6.45) is 4.25. The molecule has 8 nitrogen and oxygen atoms in total. The third kappa shape index (κ3) is 4.67. The molecule has 4 rings (SSSR count). The van der Waals surface area contributed by atoms with E-state index in [1.165, 1.54) is 28.7 Å². The Bertz CT molecular complexity index is 1130. The molecule has 11 heteroatoms. The Kier molecular flexibility index (Phi) is 6.55. The van der Waals surface area contributed by atoms with Gasteiger partial charge in [-0.15, -0.1) is 0 Å². The molecule has 0 unspecified atom stereocenters. The number of hydrogen-bond acceptors (Lipinski definition) is 4. The van der Waals surface area contributed by atoms with Gasteiger partial charge in [-0.1, -0.05) is 11.6 Å². The van der Waals surface area contributed by atoms with Crippen LogP contribution >= 0.6 is 11.6 Å². The van der Waals surface area contributed by atoms with Crippen LogP contribution < -0.4 is 5.32 Å². The lowest BCUT2D eigenvalue weighted by Gasteiger charge is -2.31. The van der Waals surface area contributed by atoms with Gasteiger partial charge < -0.3 is 15.2 Å². The van der Waals surface area contributed by atoms with Crippen molar-refractivity contribution in [3.63, 3.8) is 0 Å². The van der Waals surface area contributed by atoms with Crippen molar-refractivity contribution in [2.45, 2.75) is 30.6 Å². The summed E-state index contributed by atoms with van der Waals surface area (Å²) in [5, 5.41) is 2.56. The Hall–Kier alpha value is -2.43. The van der Waals surface area contributed by atoms with Crippen molar-refractivity contribution in [2.24, 2.45) is 5.92 Å². The number of nitrogens with zero attached hydrogens (tertiary/aromatic N) is 2. The maximum absolute atomic E-state index is 13.3. The highest BCUT2D eigenvalue weighted by molar-refractivity contribution is 7.89. The number of carbonyl (C=O) groups is 2. The molecular formula is C21H24ClFN4O4S. The van der Waals surface area contributed by atoms with E-state index < -0.39 is 21.8 Å². The first-order valence-corrected chi connectivity index (χ1v) is 12.3. The number of amides is 2. The zero-order valence-corrected chi connectivity index (χ0v) is 18.9. The Morgan fingerprint density at radius 3 is 2.59 bits per heavy atom. The summed E-state index contributed by atoms with van der Waals surface area (Å²) < 4.78 is 40.9. The molecule has 1 aromatic heterocycles. The molecule has 3 heterocycles. The lowest BCUT2D eigenvalue weighted by molar-refractivity contribution is -0.120. The molecule has 2 amide bonds. The number of halogens is 2.